The van der Waals surface area contributed by atoms with Crippen molar-refractivity contribution in [3.8, 4) is 0 Å². The minimum absolute atomic E-state index is 0.0391. The standard InChI is InChI=1S/C17H21N3O3/c1-2-14(17(22)20-8-10-23-11-9-20)19-16(21)13-5-3-4-12-6-7-18-15(12)13/h3-7,14,18H,2,8-11H2,1H3,(H,19,21)/t14-/m1/s1. The van der Waals surface area contributed by atoms with E-state index in [-0.39, 0.29) is 11.8 Å². The van der Waals surface area contributed by atoms with E-state index in [1.54, 1.807) is 17.2 Å². The Kier molecular flexibility index (Phi) is 4.62. The number of H-pyrrole nitrogens is 1. The van der Waals surface area contributed by atoms with Crippen LogP contribution in [0.4, 0.5) is 0 Å². The molecule has 23 heavy (non-hydrogen) atoms. The zero-order chi connectivity index (χ0) is 16.2. The van der Waals surface area contributed by atoms with Crippen LogP contribution in [0.3, 0.4) is 0 Å². The molecule has 122 valence electrons. The highest BCUT2D eigenvalue weighted by Crippen LogP contribution is 2.17. The Bertz CT molecular complexity index is 704. The molecule has 2 amide bonds. The molecular formula is C17H21N3O3. The van der Waals surface area contributed by atoms with Crippen molar-refractivity contribution in [1.29, 1.82) is 0 Å². The summed E-state index contributed by atoms with van der Waals surface area (Å²) in [5.74, 6) is -0.269. The molecule has 6 heteroatoms. The van der Waals surface area contributed by atoms with Gasteiger partial charge in [0.15, 0.2) is 0 Å². The number of ether oxygens (including phenoxy) is 1. The van der Waals surface area contributed by atoms with Gasteiger partial charge in [0.05, 0.1) is 24.3 Å². The first-order valence-electron chi connectivity index (χ1n) is 7.94. The van der Waals surface area contributed by atoms with E-state index in [9.17, 15) is 9.59 Å². The molecule has 6 nitrogen and oxygen atoms in total. The molecule has 2 heterocycles. The highest BCUT2D eigenvalue weighted by molar-refractivity contribution is 6.06. The minimum atomic E-state index is -0.509. The average Bonchev–Trinajstić information content (AvgIpc) is 3.08. The summed E-state index contributed by atoms with van der Waals surface area (Å²) in [4.78, 5) is 30.0. The molecule has 0 saturated carbocycles. The number of morpholine rings is 1. The molecule has 1 saturated heterocycles. The van der Waals surface area contributed by atoms with Gasteiger partial charge in [0.25, 0.3) is 5.91 Å². The lowest BCUT2D eigenvalue weighted by Crippen LogP contribution is -2.51. The van der Waals surface area contributed by atoms with Crippen LogP contribution in [-0.2, 0) is 9.53 Å². The summed E-state index contributed by atoms with van der Waals surface area (Å²) in [5, 5.41) is 3.85. The van der Waals surface area contributed by atoms with Crippen molar-refractivity contribution in [3.05, 3.63) is 36.0 Å². The van der Waals surface area contributed by atoms with E-state index in [0.717, 1.165) is 10.9 Å². The van der Waals surface area contributed by atoms with Crippen molar-refractivity contribution in [3.63, 3.8) is 0 Å². The molecule has 2 aromatic rings. The molecule has 0 radical (unpaired) electrons. The van der Waals surface area contributed by atoms with Gasteiger partial charge in [0, 0.05) is 24.7 Å². The third kappa shape index (κ3) is 3.22. The number of aromatic nitrogens is 1. The number of hydrogen-bond acceptors (Lipinski definition) is 3. The molecule has 0 bridgehead atoms. The lowest BCUT2D eigenvalue weighted by atomic mass is 10.1. The van der Waals surface area contributed by atoms with Crippen LogP contribution < -0.4 is 5.32 Å². The molecule has 0 aliphatic carbocycles. The highest BCUT2D eigenvalue weighted by Gasteiger charge is 2.26. The van der Waals surface area contributed by atoms with Crippen LogP contribution in [0.25, 0.3) is 10.9 Å². The molecule has 0 spiro atoms. The molecular weight excluding hydrogens is 294 g/mol. The second kappa shape index (κ2) is 6.83. The van der Waals surface area contributed by atoms with Gasteiger partial charge in [-0.3, -0.25) is 9.59 Å². The lowest BCUT2D eigenvalue weighted by molar-refractivity contribution is -0.137. The molecule has 1 aliphatic heterocycles. The van der Waals surface area contributed by atoms with E-state index >= 15 is 0 Å². The first-order chi connectivity index (χ1) is 11.2. The zero-order valence-electron chi connectivity index (χ0n) is 13.2. The van der Waals surface area contributed by atoms with Crippen molar-refractivity contribution in [2.75, 3.05) is 26.3 Å². The summed E-state index contributed by atoms with van der Waals surface area (Å²) in [5.41, 5.74) is 1.35. The SMILES string of the molecule is CC[C@@H](NC(=O)c1cccc2cc[nH]c12)C(=O)N1CCOCC1. The number of nitrogens with one attached hydrogen (secondary N) is 2. The first kappa shape index (κ1) is 15.6. The van der Waals surface area contributed by atoms with E-state index < -0.39 is 6.04 Å². The zero-order valence-corrected chi connectivity index (χ0v) is 13.2. The topological polar surface area (TPSA) is 74.4 Å². The molecule has 3 rings (SSSR count). The van der Waals surface area contributed by atoms with Crippen LogP contribution in [0.1, 0.15) is 23.7 Å². The Morgan fingerprint density at radius 1 is 1.30 bits per heavy atom. The molecule has 1 atom stereocenters. The number of hydrogen-bond donors (Lipinski definition) is 2. The van der Waals surface area contributed by atoms with Crippen molar-refractivity contribution in [2.24, 2.45) is 0 Å². The molecule has 0 unspecified atom stereocenters. The van der Waals surface area contributed by atoms with Crippen molar-refractivity contribution in [1.82, 2.24) is 15.2 Å². The fourth-order valence-electron chi connectivity index (χ4n) is 2.85. The molecule has 1 aliphatic rings. The Morgan fingerprint density at radius 2 is 2.09 bits per heavy atom. The van der Waals surface area contributed by atoms with Crippen LogP contribution in [0, 0.1) is 0 Å². The third-order valence-corrected chi connectivity index (χ3v) is 4.17. The van der Waals surface area contributed by atoms with Gasteiger partial charge in [-0.05, 0) is 18.6 Å². The smallest absolute Gasteiger partial charge is 0.254 e. The van der Waals surface area contributed by atoms with Crippen LogP contribution in [-0.4, -0.2) is 54.0 Å². The van der Waals surface area contributed by atoms with Gasteiger partial charge in [-0.1, -0.05) is 19.1 Å². The number of para-hydroxylation sites is 1. The quantitative estimate of drug-likeness (QED) is 0.898. The van der Waals surface area contributed by atoms with Crippen LogP contribution >= 0.6 is 0 Å². The predicted molar refractivity (Wildman–Crippen MR) is 87.2 cm³/mol. The summed E-state index contributed by atoms with van der Waals surface area (Å²) in [6.07, 6.45) is 2.36. The Labute approximate surface area is 134 Å². The first-order valence-corrected chi connectivity index (χ1v) is 7.94. The maximum atomic E-state index is 12.6. The van der Waals surface area contributed by atoms with Gasteiger partial charge in [0.2, 0.25) is 5.91 Å². The maximum Gasteiger partial charge on any atom is 0.254 e. The molecule has 1 aromatic heterocycles. The van der Waals surface area contributed by atoms with Gasteiger partial charge in [-0.25, -0.2) is 0 Å². The monoisotopic (exact) mass is 315 g/mol. The van der Waals surface area contributed by atoms with Gasteiger partial charge in [-0.2, -0.15) is 0 Å². The maximum absolute atomic E-state index is 12.6. The number of nitrogens with zero attached hydrogens (tertiary/aromatic N) is 1. The fraction of sp³-hybridized carbons (Fsp3) is 0.412. The second-order valence-corrected chi connectivity index (χ2v) is 5.62. The van der Waals surface area contributed by atoms with Gasteiger partial charge in [0.1, 0.15) is 6.04 Å². The summed E-state index contributed by atoms with van der Waals surface area (Å²) in [6, 6.07) is 6.96. The summed E-state index contributed by atoms with van der Waals surface area (Å²) in [6.45, 7) is 4.17. The molecule has 1 aromatic carbocycles. The molecule has 2 N–H and O–H groups in total. The normalized spacial score (nSPS) is 16.3. The van der Waals surface area contributed by atoms with Gasteiger partial charge in [-0.15, -0.1) is 0 Å². The van der Waals surface area contributed by atoms with E-state index in [1.165, 1.54) is 0 Å². The Hall–Kier alpha value is -2.34. The average molecular weight is 315 g/mol. The number of benzene rings is 1. The van der Waals surface area contributed by atoms with E-state index in [2.05, 4.69) is 10.3 Å². The summed E-state index contributed by atoms with van der Waals surface area (Å²) in [7, 11) is 0. The van der Waals surface area contributed by atoms with E-state index in [1.807, 2.05) is 25.1 Å². The van der Waals surface area contributed by atoms with Crippen molar-refractivity contribution >= 4 is 22.7 Å². The fourth-order valence-corrected chi connectivity index (χ4v) is 2.85. The number of carbonyl (C=O) groups excluding carboxylic acids is 2. The Balaban J connectivity index is 1.74. The third-order valence-electron chi connectivity index (χ3n) is 4.17. The summed E-state index contributed by atoms with van der Waals surface area (Å²) >= 11 is 0. The van der Waals surface area contributed by atoms with Crippen molar-refractivity contribution < 1.29 is 14.3 Å². The number of rotatable bonds is 4. The van der Waals surface area contributed by atoms with Crippen LogP contribution in [0.15, 0.2) is 30.5 Å². The van der Waals surface area contributed by atoms with E-state index in [0.29, 0.717) is 38.3 Å². The lowest BCUT2D eigenvalue weighted by Gasteiger charge is -2.30. The summed E-state index contributed by atoms with van der Waals surface area (Å²) < 4.78 is 5.27. The number of amides is 2. The predicted octanol–water partition coefficient (Wildman–Crippen LogP) is 1.54. The van der Waals surface area contributed by atoms with Gasteiger partial charge >= 0.3 is 0 Å². The molecule has 1 fully saturated rings. The van der Waals surface area contributed by atoms with E-state index in [4.69, 9.17) is 4.74 Å². The van der Waals surface area contributed by atoms with Crippen LogP contribution in [0.5, 0.6) is 0 Å². The van der Waals surface area contributed by atoms with Gasteiger partial charge < -0.3 is 19.9 Å². The number of carbonyl (C=O) groups is 2. The highest BCUT2D eigenvalue weighted by atomic mass is 16.5. The van der Waals surface area contributed by atoms with Crippen molar-refractivity contribution in [2.45, 2.75) is 19.4 Å². The number of fused-ring (bicyclic) bond motifs is 1. The second-order valence-electron chi connectivity index (χ2n) is 5.62. The van der Waals surface area contributed by atoms with Crippen LogP contribution in [0.2, 0.25) is 0 Å². The largest absolute Gasteiger partial charge is 0.378 e. The Morgan fingerprint density at radius 3 is 2.83 bits per heavy atom. The minimum Gasteiger partial charge on any atom is -0.378 e. The number of aromatic amines is 1.